The lowest BCUT2D eigenvalue weighted by Crippen LogP contribution is -2.35. The van der Waals surface area contributed by atoms with Crippen LogP contribution in [0.5, 0.6) is 0 Å². The number of carboxylic acids is 1. The molecule has 0 heterocycles. The molecule has 162 valence electrons. The van der Waals surface area contributed by atoms with Crippen molar-refractivity contribution in [3.05, 3.63) is 56.9 Å². The standard InChI is InChI=1S/C10H17N3O5.C8H7Cl2F/c1-10(2,3)18-9(17)13-7(12)6(14)4-5(11)8(15)16;1-2-5-6(9)3-4-7(11)8(5)10/h4,14H,11-12H2,1-3H3,(H,13,17)(H,15,16);3-4H,2H2,1H3/b5-4-,7-6-;. The number of alkyl carbamates (subject to hydrolysis) is 1. The highest BCUT2D eigenvalue weighted by Gasteiger charge is 2.17. The highest BCUT2D eigenvalue weighted by atomic mass is 35.5. The molecule has 8 nitrogen and oxygen atoms in total. The number of hydrogen-bond donors (Lipinski definition) is 5. The molecule has 0 saturated heterocycles. The molecule has 0 unspecified atom stereocenters. The summed E-state index contributed by atoms with van der Waals surface area (Å²) in [6.45, 7) is 6.82. The topological polar surface area (TPSA) is 148 Å². The zero-order valence-corrected chi connectivity index (χ0v) is 17.9. The van der Waals surface area contributed by atoms with Crippen LogP contribution in [0.4, 0.5) is 9.18 Å². The second kappa shape index (κ2) is 11.4. The van der Waals surface area contributed by atoms with E-state index in [1.807, 2.05) is 12.2 Å². The summed E-state index contributed by atoms with van der Waals surface area (Å²) in [5.41, 5.74) is 9.69. The molecule has 0 saturated carbocycles. The fourth-order valence-electron chi connectivity index (χ4n) is 1.66. The number of halogens is 3. The van der Waals surface area contributed by atoms with Crippen molar-refractivity contribution in [1.29, 1.82) is 0 Å². The van der Waals surface area contributed by atoms with Crippen molar-refractivity contribution in [2.45, 2.75) is 39.7 Å². The Balaban J connectivity index is 0.000000604. The minimum atomic E-state index is -1.42. The summed E-state index contributed by atoms with van der Waals surface area (Å²) < 4.78 is 17.6. The Labute approximate surface area is 177 Å². The fraction of sp³-hybridized carbons (Fsp3) is 0.333. The van der Waals surface area contributed by atoms with Gasteiger partial charge in [-0.1, -0.05) is 30.1 Å². The Hall–Kier alpha value is -2.65. The molecule has 0 atom stereocenters. The number of aliphatic hydroxyl groups excluding tert-OH is 1. The van der Waals surface area contributed by atoms with Gasteiger partial charge in [0.15, 0.2) is 5.76 Å². The first-order valence-corrected chi connectivity index (χ1v) is 8.96. The zero-order chi connectivity index (χ0) is 22.9. The number of aliphatic hydroxyl groups is 1. The maximum atomic E-state index is 12.8. The van der Waals surface area contributed by atoms with Crippen LogP contribution in [-0.2, 0) is 16.0 Å². The number of nitrogens with one attached hydrogen (secondary N) is 1. The Morgan fingerprint density at radius 2 is 1.79 bits per heavy atom. The van der Waals surface area contributed by atoms with Gasteiger partial charge < -0.3 is 26.4 Å². The molecule has 0 bridgehead atoms. The number of amides is 1. The summed E-state index contributed by atoms with van der Waals surface area (Å²) in [6.07, 6.45) is 0.471. The highest BCUT2D eigenvalue weighted by molar-refractivity contribution is 6.36. The molecule has 1 amide bonds. The number of rotatable bonds is 4. The number of hydrogen-bond acceptors (Lipinski definition) is 6. The van der Waals surface area contributed by atoms with E-state index in [1.165, 1.54) is 12.1 Å². The molecule has 1 aromatic rings. The van der Waals surface area contributed by atoms with Crippen LogP contribution in [0.3, 0.4) is 0 Å². The molecule has 0 fully saturated rings. The Bertz CT molecular complexity index is 820. The number of aliphatic carboxylic acids is 1. The smallest absolute Gasteiger partial charge is 0.413 e. The summed E-state index contributed by atoms with van der Waals surface area (Å²) >= 11 is 11.4. The van der Waals surface area contributed by atoms with E-state index in [1.54, 1.807) is 20.8 Å². The Morgan fingerprint density at radius 1 is 1.24 bits per heavy atom. The first kappa shape index (κ1) is 26.4. The lowest BCUT2D eigenvalue weighted by Gasteiger charge is -2.19. The third-order valence-corrected chi connectivity index (χ3v) is 3.71. The Morgan fingerprint density at radius 3 is 2.21 bits per heavy atom. The predicted octanol–water partition coefficient (Wildman–Crippen LogP) is 3.82. The Kier molecular flexibility index (Phi) is 10.3. The normalized spacial score (nSPS) is 12.3. The van der Waals surface area contributed by atoms with Crippen LogP contribution in [0.25, 0.3) is 0 Å². The second-order valence-electron chi connectivity index (χ2n) is 6.51. The van der Waals surface area contributed by atoms with E-state index < -0.39 is 40.8 Å². The molecule has 1 aromatic carbocycles. The monoisotopic (exact) mass is 451 g/mol. The van der Waals surface area contributed by atoms with Gasteiger partial charge in [-0.05, 0) is 44.9 Å². The third kappa shape index (κ3) is 9.91. The average Bonchev–Trinajstić information content (AvgIpc) is 2.57. The SMILES string of the molecule is CC(C)(C)OC(=O)N/C(N)=C(O)/C=C(\N)C(=O)O.CCc1c(Cl)ccc(F)c1Cl. The van der Waals surface area contributed by atoms with Crippen molar-refractivity contribution in [3.8, 4) is 0 Å². The molecule has 0 aromatic heterocycles. The first-order valence-electron chi connectivity index (χ1n) is 8.21. The van der Waals surface area contributed by atoms with E-state index >= 15 is 0 Å². The number of carbonyl (C=O) groups excluding carboxylic acids is 1. The molecule has 29 heavy (non-hydrogen) atoms. The van der Waals surface area contributed by atoms with Gasteiger partial charge in [0.1, 0.15) is 22.9 Å². The van der Waals surface area contributed by atoms with Crippen LogP contribution < -0.4 is 16.8 Å². The third-order valence-electron chi connectivity index (χ3n) is 2.94. The second-order valence-corrected chi connectivity index (χ2v) is 7.29. The molecule has 0 aliphatic heterocycles. The molecule has 0 aliphatic rings. The molecule has 0 aliphatic carbocycles. The van der Waals surface area contributed by atoms with Gasteiger partial charge in [0, 0.05) is 11.1 Å². The van der Waals surface area contributed by atoms with Crippen LogP contribution in [0.2, 0.25) is 10.0 Å². The maximum Gasteiger partial charge on any atom is 0.413 e. The summed E-state index contributed by atoms with van der Waals surface area (Å²) in [6, 6.07) is 2.78. The highest BCUT2D eigenvalue weighted by Crippen LogP contribution is 2.27. The number of allylic oxidation sites excluding steroid dienone is 1. The molecule has 7 N–H and O–H groups in total. The van der Waals surface area contributed by atoms with Gasteiger partial charge in [-0.2, -0.15) is 0 Å². The molecule has 11 heteroatoms. The average molecular weight is 452 g/mol. The zero-order valence-electron chi connectivity index (χ0n) is 16.3. The maximum absolute atomic E-state index is 12.8. The fourth-order valence-corrected chi connectivity index (χ4v) is 2.30. The minimum Gasteiger partial charge on any atom is -0.504 e. The summed E-state index contributed by atoms with van der Waals surface area (Å²) in [5, 5.41) is 20.5. The van der Waals surface area contributed by atoms with Crippen LogP contribution in [0.15, 0.2) is 35.5 Å². The van der Waals surface area contributed by atoms with Gasteiger partial charge in [-0.15, -0.1) is 0 Å². The lowest BCUT2D eigenvalue weighted by molar-refractivity contribution is -0.132. The number of nitrogens with two attached hydrogens (primary N) is 2. The number of carboxylic acid groups (broad SMARTS) is 1. The molecule has 0 radical (unpaired) electrons. The van der Waals surface area contributed by atoms with Crippen molar-refractivity contribution in [1.82, 2.24) is 5.32 Å². The van der Waals surface area contributed by atoms with Crippen LogP contribution in [-0.4, -0.2) is 27.9 Å². The van der Waals surface area contributed by atoms with E-state index in [-0.39, 0.29) is 5.02 Å². The number of carbonyl (C=O) groups is 2. The molecular formula is C18H24Cl2FN3O5. The van der Waals surface area contributed by atoms with E-state index in [9.17, 15) is 19.1 Å². The van der Waals surface area contributed by atoms with E-state index in [0.29, 0.717) is 23.1 Å². The quantitative estimate of drug-likeness (QED) is 0.202. The van der Waals surface area contributed by atoms with Gasteiger partial charge in [-0.3, -0.25) is 5.32 Å². The number of benzene rings is 1. The van der Waals surface area contributed by atoms with E-state index in [0.717, 1.165) is 0 Å². The first-order chi connectivity index (χ1) is 13.2. The number of ether oxygens (including phenoxy) is 1. The van der Waals surface area contributed by atoms with E-state index in [4.69, 9.17) is 44.5 Å². The van der Waals surface area contributed by atoms with Gasteiger partial charge in [0.25, 0.3) is 0 Å². The molecular weight excluding hydrogens is 428 g/mol. The van der Waals surface area contributed by atoms with Crippen LogP contribution in [0, 0.1) is 5.82 Å². The van der Waals surface area contributed by atoms with Crippen LogP contribution in [0.1, 0.15) is 33.3 Å². The molecule has 1 rings (SSSR count). The van der Waals surface area contributed by atoms with Gasteiger partial charge in [0.05, 0.1) is 5.02 Å². The van der Waals surface area contributed by atoms with Crippen molar-refractivity contribution < 1.29 is 28.9 Å². The summed E-state index contributed by atoms with van der Waals surface area (Å²) in [5.74, 6) is -2.98. The summed E-state index contributed by atoms with van der Waals surface area (Å²) in [4.78, 5) is 21.7. The van der Waals surface area contributed by atoms with Crippen molar-refractivity contribution in [2.24, 2.45) is 11.5 Å². The van der Waals surface area contributed by atoms with E-state index in [2.05, 4.69) is 0 Å². The van der Waals surface area contributed by atoms with Gasteiger partial charge in [-0.25, -0.2) is 14.0 Å². The van der Waals surface area contributed by atoms with Crippen molar-refractivity contribution >= 4 is 35.3 Å². The van der Waals surface area contributed by atoms with Gasteiger partial charge >= 0.3 is 12.1 Å². The van der Waals surface area contributed by atoms with Crippen molar-refractivity contribution in [3.63, 3.8) is 0 Å². The van der Waals surface area contributed by atoms with Crippen molar-refractivity contribution in [2.75, 3.05) is 0 Å². The van der Waals surface area contributed by atoms with Crippen LogP contribution >= 0.6 is 23.2 Å². The lowest BCUT2D eigenvalue weighted by atomic mass is 10.2. The summed E-state index contributed by atoms with van der Waals surface area (Å²) in [7, 11) is 0. The minimum absolute atomic E-state index is 0.139. The molecule has 0 spiro atoms. The van der Waals surface area contributed by atoms with Gasteiger partial charge in [0.2, 0.25) is 0 Å². The largest absolute Gasteiger partial charge is 0.504 e. The predicted molar refractivity (Wildman–Crippen MR) is 109 cm³/mol.